The van der Waals surface area contributed by atoms with Gasteiger partial charge >= 0.3 is 5.97 Å². The molecular weight excluding hydrogens is 314 g/mol. The van der Waals surface area contributed by atoms with Crippen molar-refractivity contribution in [3.05, 3.63) is 47.4 Å². The molecule has 0 fully saturated rings. The molecule has 1 atom stereocenters. The molecule has 0 unspecified atom stereocenters. The summed E-state index contributed by atoms with van der Waals surface area (Å²) in [5.41, 5.74) is 2.69. The molecule has 132 valence electrons. The summed E-state index contributed by atoms with van der Waals surface area (Å²) >= 11 is 0. The third kappa shape index (κ3) is 2.74. The van der Waals surface area contributed by atoms with E-state index in [1.54, 1.807) is 0 Å². The van der Waals surface area contributed by atoms with Crippen LogP contribution in [0.2, 0.25) is 0 Å². The van der Waals surface area contributed by atoms with E-state index in [4.69, 9.17) is 9.47 Å². The molecule has 1 aliphatic heterocycles. The number of ether oxygens (including phenoxy) is 2. The van der Waals surface area contributed by atoms with Crippen molar-refractivity contribution in [1.82, 2.24) is 4.57 Å². The fourth-order valence-corrected chi connectivity index (χ4v) is 4.30. The number of nitrogens with zero attached hydrogens (tertiary/aromatic N) is 1. The van der Waals surface area contributed by atoms with Gasteiger partial charge in [0.1, 0.15) is 0 Å². The van der Waals surface area contributed by atoms with Crippen LogP contribution in [0.25, 0.3) is 10.9 Å². The lowest BCUT2D eigenvalue weighted by Crippen LogP contribution is -2.29. The van der Waals surface area contributed by atoms with Crippen LogP contribution in [0.5, 0.6) is 0 Å². The maximum absolute atomic E-state index is 12.0. The predicted octanol–water partition coefficient (Wildman–Crippen LogP) is 5.13. The first-order valence-corrected chi connectivity index (χ1v) is 9.21. The number of hydrogen-bond donors (Lipinski definition) is 0. The van der Waals surface area contributed by atoms with Crippen molar-refractivity contribution in [2.75, 3.05) is 7.11 Å². The van der Waals surface area contributed by atoms with Crippen molar-refractivity contribution in [3.8, 4) is 0 Å². The molecule has 0 radical (unpaired) electrons. The fraction of sp³-hybridized carbons (Fsp3) is 0.476. The second kappa shape index (κ2) is 6.25. The minimum absolute atomic E-state index is 0.300. The van der Waals surface area contributed by atoms with Crippen molar-refractivity contribution in [3.63, 3.8) is 0 Å². The highest BCUT2D eigenvalue weighted by atomic mass is 16.5. The summed E-state index contributed by atoms with van der Waals surface area (Å²) in [6.45, 7) is 2.15. The minimum Gasteiger partial charge on any atom is -0.472 e. The SMILES string of the molecule is COC(=O)c1cccc2c1ccn2[C@@]1(C)CC2=C(CCCCCC2)O1. The first-order valence-electron chi connectivity index (χ1n) is 9.21. The van der Waals surface area contributed by atoms with Gasteiger partial charge in [0.05, 0.1) is 23.9 Å². The summed E-state index contributed by atoms with van der Waals surface area (Å²) in [5.74, 6) is 0.902. The molecule has 2 aliphatic rings. The number of carbonyl (C=O) groups is 1. The van der Waals surface area contributed by atoms with Crippen molar-refractivity contribution in [2.45, 2.75) is 57.6 Å². The van der Waals surface area contributed by atoms with Gasteiger partial charge in [-0.2, -0.15) is 0 Å². The van der Waals surface area contributed by atoms with E-state index < -0.39 is 5.72 Å². The summed E-state index contributed by atoms with van der Waals surface area (Å²) in [6.07, 6.45) is 10.3. The highest BCUT2D eigenvalue weighted by molar-refractivity contribution is 6.03. The Kier molecular flexibility index (Phi) is 4.06. The van der Waals surface area contributed by atoms with Crippen LogP contribution in [0.15, 0.2) is 41.8 Å². The van der Waals surface area contributed by atoms with Crippen LogP contribution in [0.3, 0.4) is 0 Å². The molecule has 1 aromatic heterocycles. The average Bonchev–Trinajstić information content (AvgIpc) is 3.16. The van der Waals surface area contributed by atoms with Gasteiger partial charge in [-0.25, -0.2) is 4.79 Å². The Hall–Kier alpha value is -2.23. The lowest BCUT2D eigenvalue weighted by molar-refractivity contribution is -0.0273. The van der Waals surface area contributed by atoms with Gasteiger partial charge in [0.15, 0.2) is 5.72 Å². The topological polar surface area (TPSA) is 40.5 Å². The number of benzene rings is 1. The van der Waals surface area contributed by atoms with E-state index in [1.807, 2.05) is 30.5 Å². The largest absolute Gasteiger partial charge is 0.472 e. The average molecular weight is 339 g/mol. The van der Waals surface area contributed by atoms with Crippen molar-refractivity contribution in [1.29, 1.82) is 0 Å². The lowest BCUT2D eigenvalue weighted by atomic mass is 9.95. The number of carbonyl (C=O) groups excluding carboxylic acids is 1. The van der Waals surface area contributed by atoms with Crippen LogP contribution in [-0.2, 0) is 15.2 Å². The minimum atomic E-state index is -0.411. The number of aromatic nitrogens is 1. The van der Waals surface area contributed by atoms with Crippen LogP contribution in [0.1, 0.15) is 62.2 Å². The Balaban J connectivity index is 1.72. The second-order valence-electron chi connectivity index (χ2n) is 7.31. The van der Waals surface area contributed by atoms with Crippen LogP contribution in [-0.4, -0.2) is 17.6 Å². The molecular formula is C21H25NO3. The smallest absolute Gasteiger partial charge is 0.338 e. The van der Waals surface area contributed by atoms with Crippen LogP contribution < -0.4 is 0 Å². The summed E-state index contributed by atoms with van der Waals surface area (Å²) in [6, 6.07) is 7.76. The van der Waals surface area contributed by atoms with Gasteiger partial charge in [0, 0.05) is 24.4 Å². The van der Waals surface area contributed by atoms with Gasteiger partial charge in [-0.1, -0.05) is 18.9 Å². The molecule has 4 heteroatoms. The fourth-order valence-electron chi connectivity index (χ4n) is 4.30. The Morgan fingerprint density at radius 1 is 1.16 bits per heavy atom. The quantitative estimate of drug-likeness (QED) is 0.712. The molecule has 1 aliphatic carbocycles. The number of methoxy groups -OCH3 is 1. The monoisotopic (exact) mass is 339 g/mol. The van der Waals surface area contributed by atoms with Crippen LogP contribution in [0, 0.1) is 0 Å². The normalized spacial score (nSPS) is 23.8. The summed E-state index contributed by atoms with van der Waals surface area (Å²) in [5, 5.41) is 0.915. The van der Waals surface area contributed by atoms with Crippen molar-refractivity contribution in [2.24, 2.45) is 0 Å². The van der Waals surface area contributed by atoms with Gasteiger partial charge in [-0.3, -0.25) is 0 Å². The third-order valence-corrected chi connectivity index (χ3v) is 5.56. The standard InChI is InChI=1S/C21H25NO3/c1-21(14-15-8-5-3-4-6-11-19(15)25-21)22-13-12-16-17(20(23)24-2)9-7-10-18(16)22/h7,9-10,12-13H,3-6,8,11,14H2,1-2H3/t21-/m1/s1. The first-order chi connectivity index (χ1) is 12.1. The van der Waals surface area contributed by atoms with E-state index in [0.717, 1.165) is 30.2 Å². The van der Waals surface area contributed by atoms with Gasteiger partial charge < -0.3 is 14.0 Å². The molecule has 0 amide bonds. The highest BCUT2D eigenvalue weighted by Gasteiger charge is 2.38. The summed E-state index contributed by atoms with van der Waals surface area (Å²) < 4.78 is 13.6. The number of allylic oxidation sites excluding steroid dienone is 1. The number of esters is 1. The van der Waals surface area contributed by atoms with E-state index >= 15 is 0 Å². The number of fused-ring (bicyclic) bond motifs is 1. The van der Waals surface area contributed by atoms with Gasteiger partial charge in [0.2, 0.25) is 0 Å². The zero-order valence-corrected chi connectivity index (χ0v) is 15.0. The number of rotatable bonds is 2. The molecule has 0 spiro atoms. The first kappa shape index (κ1) is 16.2. The molecule has 2 aromatic rings. The highest BCUT2D eigenvalue weighted by Crippen LogP contribution is 2.44. The second-order valence-corrected chi connectivity index (χ2v) is 7.31. The maximum atomic E-state index is 12.0. The molecule has 0 bridgehead atoms. The molecule has 0 saturated carbocycles. The van der Waals surface area contributed by atoms with E-state index in [9.17, 15) is 4.79 Å². The maximum Gasteiger partial charge on any atom is 0.338 e. The van der Waals surface area contributed by atoms with E-state index in [2.05, 4.69) is 11.5 Å². The van der Waals surface area contributed by atoms with Crippen LogP contribution >= 0.6 is 0 Å². The third-order valence-electron chi connectivity index (χ3n) is 5.56. The Labute approximate surface area is 148 Å². The van der Waals surface area contributed by atoms with E-state index in [1.165, 1.54) is 44.1 Å². The van der Waals surface area contributed by atoms with Crippen LogP contribution in [0.4, 0.5) is 0 Å². The molecule has 2 heterocycles. The van der Waals surface area contributed by atoms with Gasteiger partial charge in [0.25, 0.3) is 0 Å². The predicted molar refractivity (Wildman–Crippen MR) is 97.4 cm³/mol. The van der Waals surface area contributed by atoms with E-state index in [-0.39, 0.29) is 5.97 Å². The Morgan fingerprint density at radius 3 is 2.76 bits per heavy atom. The van der Waals surface area contributed by atoms with Crippen molar-refractivity contribution >= 4 is 16.9 Å². The molecule has 4 rings (SSSR count). The van der Waals surface area contributed by atoms with E-state index in [0.29, 0.717) is 5.56 Å². The molecule has 25 heavy (non-hydrogen) atoms. The summed E-state index contributed by atoms with van der Waals surface area (Å²) in [4.78, 5) is 12.0. The molecule has 1 aromatic carbocycles. The Bertz CT molecular complexity index is 826. The zero-order chi connectivity index (χ0) is 17.4. The van der Waals surface area contributed by atoms with Crippen molar-refractivity contribution < 1.29 is 14.3 Å². The molecule has 4 nitrogen and oxygen atoms in total. The summed E-state index contributed by atoms with van der Waals surface area (Å²) in [7, 11) is 1.42. The number of hydrogen-bond acceptors (Lipinski definition) is 3. The van der Waals surface area contributed by atoms with Gasteiger partial charge in [-0.15, -0.1) is 0 Å². The lowest BCUT2D eigenvalue weighted by Gasteiger charge is -2.28. The van der Waals surface area contributed by atoms with Gasteiger partial charge in [-0.05, 0) is 50.0 Å². The zero-order valence-electron chi connectivity index (χ0n) is 15.0. The molecule has 0 saturated heterocycles. The molecule has 0 N–H and O–H groups in total. The Morgan fingerprint density at radius 2 is 1.96 bits per heavy atom.